The van der Waals surface area contributed by atoms with E-state index >= 15 is 0 Å². The second-order valence-corrected chi connectivity index (χ2v) is 5.60. The van der Waals surface area contributed by atoms with Gasteiger partial charge < -0.3 is 5.43 Å². The van der Waals surface area contributed by atoms with Crippen LogP contribution < -0.4 is 5.43 Å². The molecule has 0 amide bonds. The molecule has 1 N–H and O–H groups in total. The third-order valence-electron chi connectivity index (χ3n) is 2.13. The summed E-state index contributed by atoms with van der Waals surface area (Å²) < 4.78 is 0. The van der Waals surface area contributed by atoms with Crippen LogP contribution in [0.2, 0.25) is 0 Å². The molecule has 1 heterocycles. The van der Waals surface area contributed by atoms with Gasteiger partial charge in [-0.1, -0.05) is 18.2 Å². The van der Waals surface area contributed by atoms with Crippen LogP contribution in [-0.2, 0) is 0 Å². The summed E-state index contributed by atoms with van der Waals surface area (Å²) in [5.74, 6) is 4.70. The van der Waals surface area contributed by atoms with Crippen LogP contribution in [0.15, 0.2) is 30.3 Å². The third kappa shape index (κ3) is 3.97. The summed E-state index contributed by atoms with van der Waals surface area (Å²) in [5, 5.41) is 2.28. The van der Waals surface area contributed by atoms with Crippen molar-refractivity contribution in [2.75, 3.05) is 28.7 Å². The fraction of sp³-hybridized carbons (Fsp3) is 0.455. The van der Waals surface area contributed by atoms with Crippen molar-refractivity contribution in [3.8, 4) is 0 Å². The SMILES string of the molecule is c1ccc(NN2CSCCCSC2)cc1. The van der Waals surface area contributed by atoms with Crippen LogP contribution in [0.5, 0.6) is 0 Å². The number of hydrazine groups is 1. The number of hydrogen-bond donors (Lipinski definition) is 1. The minimum Gasteiger partial charge on any atom is -0.317 e. The first-order valence-corrected chi connectivity index (χ1v) is 7.48. The lowest BCUT2D eigenvalue weighted by Crippen LogP contribution is -2.30. The van der Waals surface area contributed by atoms with Crippen LogP contribution in [0.25, 0.3) is 0 Å². The molecule has 1 aliphatic heterocycles. The molecule has 0 spiro atoms. The van der Waals surface area contributed by atoms with Crippen LogP contribution in [0.4, 0.5) is 5.69 Å². The van der Waals surface area contributed by atoms with E-state index in [9.17, 15) is 0 Å². The van der Waals surface area contributed by atoms with E-state index in [0.717, 1.165) is 11.8 Å². The van der Waals surface area contributed by atoms with Crippen LogP contribution in [-0.4, -0.2) is 28.3 Å². The molecular formula is C11H16N2S2. The number of rotatable bonds is 2. The van der Waals surface area contributed by atoms with Gasteiger partial charge >= 0.3 is 0 Å². The Morgan fingerprint density at radius 1 is 1.00 bits per heavy atom. The highest BCUT2D eigenvalue weighted by Gasteiger charge is 2.07. The van der Waals surface area contributed by atoms with Gasteiger partial charge in [-0.2, -0.15) is 0 Å². The molecule has 1 fully saturated rings. The zero-order chi connectivity index (χ0) is 10.3. The Bertz CT molecular complexity index is 271. The molecule has 2 nitrogen and oxygen atoms in total. The first-order valence-electron chi connectivity index (χ1n) is 5.17. The lowest BCUT2D eigenvalue weighted by Gasteiger charge is -2.25. The van der Waals surface area contributed by atoms with E-state index < -0.39 is 0 Å². The van der Waals surface area contributed by atoms with Gasteiger partial charge in [0, 0.05) is 5.69 Å². The Morgan fingerprint density at radius 2 is 1.67 bits per heavy atom. The van der Waals surface area contributed by atoms with Crippen LogP contribution in [0, 0.1) is 0 Å². The molecule has 0 radical (unpaired) electrons. The predicted molar refractivity (Wildman–Crippen MR) is 71.2 cm³/mol. The van der Waals surface area contributed by atoms with E-state index in [-0.39, 0.29) is 0 Å². The maximum Gasteiger partial charge on any atom is 0.0644 e. The number of nitrogens with zero attached hydrogens (tertiary/aromatic N) is 1. The van der Waals surface area contributed by atoms with Gasteiger partial charge in [0.15, 0.2) is 0 Å². The van der Waals surface area contributed by atoms with Crippen molar-refractivity contribution in [3.63, 3.8) is 0 Å². The fourth-order valence-corrected chi connectivity index (χ4v) is 3.42. The summed E-state index contributed by atoms with van der Waals surface area (Å²) in [6, 6.07) is 10.4. The van der Waals surface area contributed by atoms with Gasteiger partial charge in [-0.25, -0.2) is 5.01 Å². The van der Waals surface area contributed by atoms with Gasteiger partial charge in [0.1, 0.15) is 0 Å². The molecule has 1 aromatic carbocycles. The Kier molecular flexibility index (Phi) is 4.70. The molecule has 4 heteroatoms. The monoisotopic (exact) mass is 240 g/mol. The first kappa shape index (κ1) is 11.2. The van der Waals surface area contributed by atoms with Crippen LogP contribution in [0.3, 0.4) is 0 Å². The van der Waals surface area contributed by atoms with E-state index in [1.807, 2.05) is 29.6 Å². The number of anilines is 1. The zero-order valence-corrected chi connectivity index (χ0v) is 10.3. The van der Waals surface area contributed by atoms with Gasteiger partial charge in [0.2, 0.25) is 0 Å². The van der Waals surface area contributed by atoms with E-state index in [1.165, 1.54) is 23.6 Å². The summed E-state index contributed by atoms with van der Waals surface area (Å²) in [6.45, 7) is 0. The standard InChI is InChI=1S/C11H16N2S2/c1-2-5-11(6-3-1)12-13-9-14-7-4-8-15-10-13/h1-3,5-6,12H,4,7-10H2. The molecule has 0 unspecified atom stereocenters. The molecule has 0 saturated carbocycles. The average molecular weight is 240 g/mol. The quantitative estimate of drug-likeness (QED) is 0.854. The topological polar surface area (TPSA) is 15.3 Å². The normalized spacial score (nSPS) is 19.2. The lowest BCUT2D eigenvalue weighted by molar-refractivity contribution is 0.456. The van der Waals surface area contributed by atoms with E-state index in [1.54, 1.807) is 0 Å². The highest BCUT2D eigenvalue weighted by molar-refractivity contribution is 8.00. The molecule has 1 aromatic rings. The third-order valence-corrected chi connectivity index (χ3v) is 4.28. The molecule has 1 aliphatic rings. The van der Waals surface area contributed by atoms with Gasteiger partial charge in [0.25, 0.3) is 0 Å². The highest BCUT2D eigenvalue weighted by Crippen LogP contribution is 2.18. The summed E-state index contributed by atoms with van der Waals surface area (Å²) >= 11 is 4.01. The summed E-state index contributed by atoms with van der Waals surface area (Å²) in [7, 11) is 0. The van der Waals surface area contributed by atoms with Gasteiger partial charge in [-0.3, -0.25) is 0 Å². The average Bonchev–Trinajstić information content (AvgIpc) is 2.23. The minimum absolute atomic E-state index is 1.07. The van der Waals surface area contributed by atoms with E-state index in [2.05, 4.69) is 34.7 Å². The fourth-order valence-electron chi connectivity index (χ4n) is 1.41. The van der Waals surface area contributed by atoms with Crippen LogP contribution >= 0.6 is 23.5 Å². The molecule has 2 rings (SSSR count). The maximum atomic E-state index is 3.44. The molecule has 0 bridgehead atoms. The molecule has 0 aliphatic carbocycles. The van der Waals surface area contributed by atoms with Crippen molar-refractivity contribution in [1.82, 2.24) is 5.01 Å². The van der Waals surface area contributed by atoms with Crippen molar-refractivity contribution in [1.29, 1.82) is 0 Å². The lowest BCUT2D eigenvalue weighted by atomic mass is 10.3. The van der Waals surface area contributed by atoms with Crippen molar-refractivity contribution in [3.05, 3.63) is 30.3 Å². The first-order chi connectivity index (χ1) is 7.45. The number of benzene rings is 1. The maximum absolute atomic E-state index is 3.44. The number of thioether (sulfide) groups is 2. The molecular weight excluding hydrogens is 224 g/mol. The number of para-hydroxylation sites is 1. The number of hydrogen-bond acceptors (Lipinski definition) is 4. The Labute approximate surface area is 99.8 Å². The molecule has 0 aromatic heterocycles. The zero-order valence-electron chi connectivity index (χ0n) is 8.69. The molecule has 15 heavy (non-hydrogen) atoms. The molecule has 82 valence electrons. The second kappa shape index (κ2) is 6.30. The van der Waals surface area contributed by atoms with Crippen molar-refractivity contribution < 1.29 is 0 Å². The summed E-state index contributed by atoms with van der Waals surface area (Å²) in [4.78, 5) is 0. The number of nitrogens with one attached hydrogen (secondary N) is 1. The largest absolute Gasteiger partial charge is 0.317 e. The van der Waals surface area contributed by atoms with Gasteiger partial charge in [-0.15, -0.1) is 23.5 Å². The smallest absolute Gasteiger partial charge is 0.0644 e. The van der Waals surface area contributed by atoms with Gasteiger partial charge in [0.05, 0.1) is 11.8 Å². The Hall–Kier alpha value is -0.320. The highest BCUT2D eigenvalue weighted by atomic mass is 32.2. The summed E-state index contributed by atoms with van der Waals surface area (Å²) in [6.07, 6.45) is 1.34. The summed E-state index contributed by atoms with van der Waals surface area (Å²) in [5.41, 5.74) is 4.62. The minimum atomic E-state index is 1.07. The van der Waals surface area contributed by atoms with Crippen molar-refractivity contribution >= 4 is 29.2 Å². The van der Waals surface area contributed by atoms with E-state index in [0.29, 0.717) is 0 Å². The van der Waals surface area contributed by atoms with E-state index in [4.69, 9.17) is 0 Å². The van der Waals surface area contributed by atoms with Crippen molar-refractivity contribution in [2.45, 2.75) is 6.42 Å². The Morgan fingerprint density at radius 3 is 2.33 bits per heavy atom. The predicted octanol–water partition coefficient (Wildman–Crippen LogP) is 3.10. The van der Waals surface area contributed by atoms with Crippen molar-refractivity contribution in [2.24, 2.45) is 0 Å². The van der Waals surface area contributed by atoms with Gasteiger partial charge in [-0.05, 0) is 30.1 Å². The molecule has 1 saturated heterocycles. The Balaban J connectivity index is 1.86. The van der Waals surface area contributed by atoms with Crippen LogP contribution in [0.1, 0.15) is 6.42 Å². The molecule has 0 atom stereocenters. The second-order valence-electron chi connectivity index (χ2n) is 3.45.